The van der Waals surface area contributed by atoms with Crippen LogP contribution >= 0.6 is 23.5 Å². The maximum atomic E-state index is 11.6. The van der Waals surface area contributed by atoms with E-state index >= 15 is 0 Å². The van der Waals surface area contributed by atoms with Gasteiger partial charge in [-0.3, -0.25) is 19.2 Å². The van der Waals surface area contributed by atoms with Crippen LogP contribution in [0.1, 0.15) is 52.4 Å². The van der Waals surface area contributed by atoms with Crippen LogP contribution in [0.3, 0.4) is 0 Å². The number of Topliss-reactive ketones (excluding diaryl/α,β-unsaturated/α-hetero) is 1. The van der Waals surface area contributed by atoms with E-state index in [2.05, 4.69) is 5.32 Å². The van der Waals surface area contributed by atoms with Crippen molar-refractivity contribution in [3.8, 4) is 0 Å². The summed E-state index contributed by atoms with van der Waals surface area (Å²) in [4.78, 5) is 45.2. The SMILES string of the molecule is CCC(=O)CCCSC(=O)CCC(=O)SCCNC(=O)CC. The molecule has 0 aromatic carbocycles. The molecule has 0 aliphatic rings. The van der Waals surface area contributed by atoms with Gasteiger partial charge in [-0.1, -0.05) is 37.4 Å². The fourth-order valence-electron chi connectivity index (χ4n) is 1.46. The highest BCUT2D eigenvalue weighted by molar-refractivity contribution is 8.14. The summed E-state index contributed by atoms with van der Waals surface area (Å²) < 4.78 is 0. The lowest BCUT2D eigenvalue weighted by molar-refractivity contribution is -0.121. The van der Waals surface area contributed by atoms with Crippen molar-refractivity contribution in [1.82, 2.24) is 5.32 Å². The van der Waals surface area contributed by atoms with Crippen LogP contribution in [-0.4, -0.2) is 40.0 Å². The largest absolute Gasteiger partial charge is 0.355 e. The number of carbonyl (C=O) groups excluding carboxylic acids is 4. The van der Waals surface area contributed by atoms with Gasteiger partial charge >= 0.3 is 0 Å². The molecule has 0 saturated carbocycles. The molecule has 0 aliphatic carbocycles. The smallest absolute Gasteiger partial charge is 0.219 e. The molecular formula is C15H25NO4S2. The van der Waals surface area contributed by atoms with Crippen molar-refractivity contribution < 1.29 is 19.2 Å². The van der Waals surface area contributed by atoms with Gasteiger partial charge in [0.1, 0.15) is 5.78 Å². The van der Waals surface area contributed by atoms with Crippen molar-refractivity contribution in [2.75, 3.05) is 18.1 Å². The van der Waals surface area contributed by atoms with Crippen LogP contribution in [-0.2, 0) is 19.2 Å². The lowest BCUT2D eigenvalue weighted by Gasteiger charge is -2.03. The zero-order valence-electron chi connectivity index (χ0n) is 13.3. The third-order valence-electron chi connectivity index (χ3n) is 2.80. The van der Waals surface area contributed by atoms with Crippen LogP contribution in [0.5, 0.6) is 0 Å². The number of amides is 1. The van der Waals surface area contributed by atoms with Crippen molar-refractivity contribution >= 4 is 45.4 Å². The van der Waals surface area contributed by atoms with Gasteiger partial charge in [-0.2, -0.15) is 0 Å². The number of thioether (sulfide) groups is 2. The lowest BCUT2D eigenvalue weighted by Crippen LogP contribution is -2.24. The summed E-state index contributed by atoms with van der Waals surface area (Å²) in [5, 5.41) is 2.66. The molecule has 0 aromatic rings. The van der Waals surface area contributed by atoms with E-state index < -0.39 is 0 Å². The zero-order valence-corrected chi connectivity index (χ0v) is 14.9. The highest BCUT2D eigenvalue weighted by Crippen LogP contribution is 2.14. The fraction of sp³-hybridized carbons (Fsp3) is 0.733. The van der Waals surface area contributed by atoms with Gasteiger partial charge in [-0.25, -0.2) is 0 Å². The van der Waals surface area contributed by atoms with E-state index in [0.29, 0.717) is 43.7 Å². The highest BCUT2D eigenvalue weighted by Gasteiger charge is 2.09. The van der Waals surface area contributed by atoms with Gasteiger partial charge in [0, 0.05) is 50.2 Å². The summed E-state index contributed by atoms with van der Waals surface area (Å²) in [5.74, 6) is 1.36. The third kappa shape index (κ3) is 12.9. The van der Waals surface area contributed by atoms with E-state index in [0.717, 1.165) is 11.8 Å². The lowest BCUT2D eigenvalue weighted by atomic mass is 10.2. The quantitative estimate of drug-likeness (QED) is 0.547. The molecule has 0 fully saturated rings. The van der Waals surface area contributed by atoms with E-state index in [1.807, 2.05) is 6.92 Å². The predicted octanol–water partition coefficient (Wildman–Crippen LogP) is 2.57. The van der Waals surface area contributed by atoms with Gasteiger partial charge in [0.25, 0.3) is 0 Å². The number of carbonyl (C=O) groups is 4. The minimum Gasteiger partial charge on any atom is -0.355 e. The Balaban J connectivity index is 3.54. The molecule has 0 aliphatic heterocycles. The maximum Gasteiger partial charge on any atom is 0.219 e. The van der Waals surface area contributed by atoms with Crippen molar-refractivity contribution in [2.45, 2.75) is 52.4 Å². The Hall–Kier alpha value is -0.820. The number of ketones is 1. The molecule has 5 nitrogen and oxygen atoms in total. The van der Waals surface area contributed by atoms with Gasteiger partial charge in [0.15, 0.2) is 10.2 Å². The molecule has 0 aromatic heterocycles. The molecule has 0 saturated heterocycles. The molecule has 1 N–H and O–H groups in total. The average Bonchev–Trinajstić information content (AvgIpc) is 2.52. The van der Waals surface area contributed by atoms with Crippen LogP contribution < -0.4 is 5.32 Å². The molecule has 22 heavy (non-hydrogen) atoms. The van der Waals surface area contributed by atoms with Crippen LogP contribution in [0, 0.1) is 0 Å². The minimum absolute atomic E-state index is 0.00261. The molecule has 7 heteroatoms. The molecule has 0 spiro atoms. The first-order chi connectivity index (χ1) is 10.5. The molecule has 0 heterocycles. The summed E-state index contributed by atoms with van der Waals surface area (Å²) in [7, 11) is 0. The standard InChI is InChI=1S/C15H25NO4S2/c1-3-12(17)6-5-10-21-14(19)7-8-15(20)22-11-9-16-13(18)4-2/h3-11H2,1-2H3,(H,16,18). The Bertz CT molecular complexity index is 350. The summed E-state index contributed by atoms with van der Waals surface area (Å²) >= 11 is 2.34. The normalized spacial score (nSPS) is 10.3. The number of hydrogen-bond acceptors (Lipinski definition) is 6. The van der Waals surface area contributed by atoms with E-state index in [-0.39, 0.29) is 34.8 Å². The molecule has 1 amide bonds. The second-order valence-corrected chi connectivity index (χ2v) is 6.94. The molecule has 0 atom stereocenters. The molecule has 0 bridgehead atoms. The van der Waals surface area contributed by atoms with Crippen molar-refractivity contribution in [1.29, 1.82) is 0 Å². The van der Waals surface area contributed by atoms with E-state index in [1.54, 1.807) is 6.92 Å². The Morgan fingerprint density at radius 1 is 0.818 bits per heavy atom. The van der Waals surface area contributed by atoms with Crippen LogP contribution in [0.4, 0.5) is 0 Å². The average molecular weight is 348 g/mol. The second-order valence-electron chi connectivity index (χ2n) is 4.64. The Kier molecular flexibility index (Phi) is 13.3. The Labute approximate surface area is 140 Å². The summed E-state index contributed by atoms with van der Waals surface area (Å²) in [6, 6.07) is 0. The van der Waals surface area contributed by atoms with Gasteiger partial charge in [0.2, 0.25) is 5.91 Å². The molecule has 0 rings (SSSR count). The van der Waals surface area contributed by atoms with E-state index in [9.17, 15) is 19.2 Å². The van der Waals surface area contributed by atoms with Crippen molar-refractivity contribution in [2.24, 2.45) is 0 Å². The van der Waals surface area contributed by atoms with E-state index in [1.165, 1.54) is 11.8 Å². The summed E-state index contributed by atoms with van der Waals surface area (Å²) in [6.07, 6.45) is 2.68. The monoisotopic (exact) mass is 347 g/mol. The summed E-state index contributed by atoms with van der Waals surface area (Å²) in [6.45, 7) is 4.07. The molecule has 0 radical (unpaired) electrons. The second kappa shape index (κ2) is 13.8. The van der Waals surface area contributed by atoms with Crippen molar-refractivity contribution in [3.63, 3.8) is 0 Å². The maximum absolute atomic E-state index is 11.6. The van der Waals surface area contributed by atoms with Crippen LogP contribution in [0.2, 0.25) is 0 Å². The van der Waals surface area contributed by atoms with Gasteiger partial charge in [-0.05, 0) is 6.42 Å². The van der Waals surface area contributed by atoms with Gasteiger partial charge in [0.05, 0.1) is 0 Å². The fourth-order valence-corrected chi connectivity index (χ4v) is 2.90. The zero-order chi connectivity index (χ0) is 16.8. The van der Waals surface area contributed by atoms with Gasteiger partial charge in [-0.15, -0.1) is 0 Å². The Morgan fingerprint density at radius 3 is 1.95 bits per heavy atom. The topological polar surface area (TPSA) is 80.3 Å². The van der Waals surface area contributed by atoms with Gasteiger partial charge < -0.3 is 5.32 Å². The number of rotatable bonds is 12. The first-order valence-electron chi connectivity index (χ1n) is 7.59. The Morgan fingerprint density at radius 2 is 1.41 bits per heavy atom. The van der Waals surface area contributed by atoms with E-state index in [4.69, 9.17) is 0 Å². The highest BCUT2D eigenvalue weighted by atomic mass is 32.2. The predicted molar refractivity (Wildman–Crippen MR) is 92.0 cm³/mol. The molecular weight excluding hydrogens is 322 g/mol. The first-order valence-corrected chi connectivity index (χ1v) is 9.56. The third-order valence-corrected chi connectivity index (χ3v) is 4.75. The minimum atomic E-state index is -0.0270. The molecule has 0 unspecified atom stereocenters. The number of nitrogens with one attached hydrogen (secondary N) is 1. The van der Waals surface area contributed by atoms with Crippen LogP contribution in [0.25, 0.3) is 0 Å². The van der Waals surface area contributed by atoms with Crippen LogP contribution in [0.15, 0.2) is 0 Å². The van der Waals surface area contributed by atoms with Crippen molar-refractivity contribution in [3.05, 3.63) is 0 Å². The first kappa shape index (κ1) is 21.2. The number of hydrogen-bond donors (Lipinski definition) is 1. The molecule has 126 valence electrons. The summed E-state index contributed by atoms with van der Waals surface area (Å²) in [5.41, 5.74) is 0.